The van der Waals surface area contributed by atoms with Gasteiger partial charge in [0.05, 0.1) is 18.9 Å². The summed E-state index contributed by atoms with van der Waals surface area (Å²) in [4.78, 5) is 33.2. The summed E-state index contributed by atoms with van der Waals surface area (Å²) < 4.78 is 38.2. The maximum Gasteiger partial charge on any atom is 0.317 e. The van der Waals surface area contributed by atoms with Crippen molar-refractivity contribution < 1.29 is 27.8 Å². The number of carbonyl (C=O) groups is 2. The molecule has 0 saturated heterocycles. The summed E-state index contributed by atoms with van der Waals surface area (Å²) in [6, 6.07) is 5.46. The minimum absolute atomic E-state index is 0.153. The molecule has 0 fully saturated rings. The third-order valence-electron chi connectivity index (χ3n) is 4.76. The highest BCUT2D eigenvalue weighted by Crippen LogP contribution is 2.30. The fraction of sp³-hybridized carbons (Fsp3) is 0.364. The molecule has 170 valence electrons. The van der Waals surface area contributed by atoms with Gasteiger partial charge in [-0.25, -0.2) is 18.7 Å². The molecule has 8 nitrogen and oxygen atoms in total. The molecule has 1 N–H and O–H groups in total. The highest BCUT2D eigenvalue weighted by atomic mass is 19.3. The van der Waals surface area contributed by atoms with E-state index >= 15 is 0 Å². The summed E-state index contributed by atoms with van der Waals surface area (Å²) in [5.41, 5.74) is -0.355. The molecule has 0 aliphatic heterocycles. The average Bonchev–Trinajstić information content (AvgIpc) is 3.18. The summed E-state index contributed by atoms with van der Waals surface area (Å²) in [5, 5.41) is 2.65. The van der Waals surface area contributed by atoms with Gasteiger partial charge in [-0.2, -0.15) is 0 Å². The highest BCUT2D eigenvalue weighted by molar-refractivity contribution is 6.03. The molecule has 0 spiro atoms. The minimum Gasteiger partial charge on any atom is -0.491 e. The SMILES string of the molecule is CCOC(=O)C(C)(C)c1cn2cc(NC(=O)c3cccc(C(F)F)n3)c(OCC)cc2n1. The Morgan fingerprint density at radius 3 is 2.56 bits per heavy atom. The van der Waals surface area contributed by atoms with E-state index in [-0.39, 0.29) is 12.3 Å². The van der Waals surface area contributed by atoms with Crippen molar-refractivity contribution >= 4 is 23.2 Å². The zero-order valence-electron chi connectivity index (χ0n) is 18.2. The molecule has 0 aliphatic carbocycles. The van der Waals surface area contributed by atoms with Crippen LogP contribution in [-0.2, 0) is 14.9 Å². The van der Waals surface area contributed by atoms with E-state index in [9.17, 15) is 18.4 Å². The van der Waals surface area contributed by atoms with Crippen LogP contribution in [0.5, 0.6) is 5.75 Å². The molecule has 1 amide bonds. The van der Waals surface area contributed by atoms with E-state index < -0.39 is 29.4 Å². The van der Waals surface area contributed by atoms with E-state index in [1.165, 1.54) is 12.1 Å². The van der Waals surface area contributed by atoms with E-state index in [1.54, 1.807) is 50.6 Å². The van der Waals surface area contributed by atoms with Gasteiger partial charge >= 0.3 is 5.97 Å². The number of esters is 1. The van der Waals surface area contributed by atoms with Gasteiger partial charge in [0.15, 0.2) is 0 Å². The van der Waals surface area contributed by atoms with Crippen molar-refractivity contribution in [3.63, 3.8) is 0 Å². The number of alkyl halides is 2. The van der Waals surface area contributed by atoms with Crippen LogP contribution in [0.2, 0.25) is 0 Å². The molecular weight excluding hydrogens is 422 g/mol. The van der Waals surface area contributed by atoms with Crippen LogP contribution < -0.4 is 10.1 Å². The van der Waals surface area contributed by atoms with Gasteiger partial charge in [0.25, 0.3) is 12.3 Å². The second kappa shape index (κ2) is 9.29. The number of fused-ring (bicyclic) bond motifs is 1. The van der Waals surface area contributed by atoms with Gasteiger partial charge in [0.2, 0.25) is 0 Å². The first-order chi connectivity index (χ1) is 15.2. The van der Waals surface area contributed by atoms with Crippen molar-refractivity contribution in [1.29, 1.82) is 0 Å². The lowest BCUT2D eigenvalue weighted by atomic mass is 9.90. The van der Waals surface area contributed by atoms with Crippen LogP contribution in [0.25, 0.3) is 5.65 Å². The summed E-state index contributed by atoms with van der Waals surface area (Å²) in [5.74, 6) is -0.739. The Bertz CT molecular complexity index is 1140. The van der Waals surface area contributed by atoms with Crippen LogP contribution in [0.3, 0.4) is 0 Å². The fourth-order valence-corrected chi connectivity index (χ4v) is 2.99. The number of halogens is 2. The van der Waals surface area contributed by atoms with Gasteiger partial charge in [-0.15, -0.1) is 0 Å². The first kappa shape index (κ1) is 23.1. The summed E-state index contributed by atoms with van der Waals surface area (Å²) in [7, 11) is 0. The van der Waals surface area contributed by atoms with Crippen LogP contribution in [-0.4, -0.2) is 39.5 Å². The van der Waals surface area contributed by atoms with Crippen molar-refractivity contribution in [2.24, 2.45) is 0 Å². The first-order valence-electron chi connectivity index (χ1n) is 10.1. The molecular formula is C22H24F2N4O4. The standard InChI is InChI=1S/C22H24F2N4O4/c1-5-31-16-10-18-27-17(22(3,4)21(30)32-6-2)12-28(18)11-15(16)26-20(29)14-9-7-8-13(25-14)19(23)24/h7-12,19H,5-6H2,1-4H3,(H,26,29). The van der Waals surface area contributed by atoms with E-state index in [4.69, 9.17) is 9.47 Å². The Hall–Kier alpha value is -3.56. The Morgan fingerprint density at radius 1 is 1.16 bits per heavy atom. The molecule has 3 heterocycles. The Labute approximate surface area is 183 Å². The number of amides is 1. The lowest BCUT2D eigenvalue weighted by Gasteiger charge is -2.19. The monoisotopic (exact) mass is 446 g/mol. The lowest BCUT2D eigenvalue weighted by molar-refractivity contribution is -0.148. The normalized spacial score (nSPS) is 11.6. The number of aromatic nitrogens is 3. The maximum atomic E-state index is 12.9. The zero-order chi connectivity index (χ0) is 23.5. The van der Waals surface area contributed by atoms with Crippen LogP contribution in [0.4, 0.5) is 14.5 Å². The summed E-state index contributed by atoms with van der Waals surface area (Å²) in [6.45, 7) is 7.50. The van der Waals surface area contributed by atoms with Crippen molar-refractivity contribution in [1.82, 2.24) is 14.4 Å². The minimum atomic E-state index is -2.79. The van der Waals surface area contributed by atoms with Gasteiger partial charge in [-0.1, -0.05) is 6.07 Å². The van der Waals surface area contributed by atoms with Crippen molar-refractivity contribution in [2.75, 3.05) is 18.5 Å². The molecule has 3 aromatic heterocycles. The molecule has 0 bridgehead atoms. The smallest absolute Gasteiger partial charge is 0.317 e. The van der Waals surface area contributed by atoms with Gasteiger partial charge in [0, 0.05) is 18.5 Å². The van der Waals surface area contributed by atoms with Crippen LogP contribution in [0.15, 0.2) is 36.7 Å². The maximum absolute atomic E-state index is 12.9. The summed E-state index contributed by atoms with van der Waals surface area (Å²) in [6.07, 6.45) is 0.449. The largest absolute Gasteiger partial charge is 0.491 e. The Morgan fingerprint density at radius 2 is 1.91 bits per heavy atom. The molecule has 3 rings (SSSR count). The van der Waals surface area contributed by atoms with E-state index in [0.717, 1.165) is 6.07 Å². The predicted octanol–water partition coefficient (Wildman–Crippen LogP) is 4.16. The second-order valence-electron chi connectivity index (χ2n) is 7.42. The number of nitrogens with zero attached hydrogens (tertiary/aromatic N) is 3. The third-order valence-corrected chi connectivity index (χ3v) is 4.76. The molecule has 0 radical (unpaired) electrons. The molecule has 10 heteroatoms. The quantitative estimate of drug-likeness (QED) is 0.522. The Kier molecular flexibility index (Phi) is 6.71. The van der Waals surface area contributed by atoms with E-state index in [2.05, 4.69) is 15.3 Å². The Balaban J connectivity index is 1.97. The third kappa shape index (κ3) is 4.68. The number of hydrogen-bond acceptors (Lipinski definition) is 6. The van der Waals surface area contributed by atoms with E-state index in [0.29, 0.717) is 29.4 Å². The van der Waals surface area contributed by atoms with Crippen molar-refractivity contribution in [3.8, 4) is 5.75 Å². The topological polar surface area (TPSA) is 94.8 Å². The number of pyridine rings is 2. The molecule has 0 atom stereocenters. The number of hydrogen-bond donors (Lipinski definition) is 1. The highest BCUT2D eigenvalue weighted by Gasteiger charge is 2.34. The average molecular weight is 446 g/mol. The van der Waals surface area contributed by atoms with Gasteiger partial charge in [-0.3, -0.25) is 9.59 Å². The number of nitrogens with one attached hydrogen (secondary N) is 1. The van der Waals surface area contributed by atoms with Crippen molar-refractivity contribution in [3.05, 3.63) is 53.7 Å². The fourth-order valence-electron chi connectivity index (χ4n) is 2.99. The number of carbonyl (C=O) groups excluding carboxylic acids is 2. The van der Waals surface area contributed by atoms with E-state index in [1.807, 2.05) is 0 Å². The second-order valence-corrected chi connectivity index (χ2v) is 7.42. The zero-order valence-corrected chi connectivity index (χ0v) is 18.2. The molecule has 0 aromatic carbocycles. The molecule has 3 aromatic rings. The van der Waals surface area contributed by atoms with Gasteiger partial charge in [-0.05, 0) is 39.8 Å². The summed E-state index contributed by atoms with van der Waals surface area (Å²) >= 11 is 0. The number of imidazole rings is 1. The molecule has 0 unspecified atom stereocenters. The molecule has 32 heavy (non-hydrogen) atoms. The van der Waals surface area contributed by atoms with Gasteiger partial charge < -0.3 is 19.2 Å². The lowest BCUT2D eigenvalue weighted by Crippen LogP contribution is -2.31. The van der Waals surface area contributed by atoms with Crippen molar-refractivity contribution in [2.45, 2.75) is 39.5 Å². The van der Waals surface area contributed by atoms with Crippen LogP contribution in [0, 0.1) is 0 Å². The van der Waals surface area contributed by atoms with Crippen LogP contribution >= 0.6 is 0 Å². The molecule has 0 aliphatic rings. The van der Waals surface area contributed by atoms with Gasteiger partial charge in [0.1, 0.15) is 33.9 Å². The number of ether oxygens (including phenoxy) is 2. The molecule has 0 saturated carbocycles. The number of anilines is 1. The first-order valence-corrected chi connectivity index (χ1v) is 10.1. The number of rotatable bonds is 8. The predicted molar refractivity (Wildman–Crippen MR) is 113 cm³/mol. The van der Waals surface area contributed by atoms with Crippen LogP contribution in [0.1, 0.15) is 56.0 Å².